The molecule has 110 valence electrons. The van der Waals surface area contributed by atoms with E-state index in [-0.39, 0.29) is 12.5 Å². The molecule has 2 rings (SSSR count). The molecule has 20 heavy (non-hydrogen) atoms. The topological polar surface area (TPSA) is 75.3 Å². The van der Waals surface area contributed by atoms with Crippen molar-refractivity contribution in [2.45, 2.75) is 38.1 Å². The van der Waals surface area contributed by atoms with E-state index >= 15 is 0 Å². The number of carbonyl (C=O) groups excluding carboxylic acids is 1. The first-order valence-corrected chi connectivity index (χ1v) is 7.32. The van der Waals surface area contributed by atoms with Crippen LogP contribution in [0.5, 0.6) is 0 Å². The maximum absolute atomic E-state index is 12.3. The van der Waals surface area contributed by atoms with Crippen LogP contribution in [0.1, 0.15) is 43.0 Å². The van der Waals surface area contributed by atoms with Gasteiger partial charge in [0.2, 0.25) is 0 Å². The summed E-state index contributed by atoms with van der Waals surface area (Å²) in [6, 6.07) is 4.82. The maximum Gasteiger partial charge on any atom is 0.253 e. The Morgan fingerprint density at radius 2 is 2.15 bits per heavy atom. The normalized spacial score (nSPS) is 26.2. The van der Waals surface area contributed by atoms with Crippen LogP contribution in [-0.2, 0) is 0 Å². The van der Waals surface area contributed by atoms with Crippen LogP contribution >= 0.6 is 11.6 Å². The summed E-state index contributed by atoms with van der Waals surface area (Å²) in [4.78, 5) is 12.3. The molecule has 0 aliphatic heterocycles. The van der Waals surface area contributed by atoms with Crippen molar-refractivity contribution in [2.24, 2.45) is 5.92 Å². The first-order valence-electron chi connectivity index (χ1n) is 6.94. The molecule has 0 atom stereocenters. The lowest BCUT2D eigenvalue weighted by atomic mass is 9.77. The molecule has 0 saturated heterocycles. The number of halogens is 1. The standard InChI is InChI=1S/C15H21ClN2O2/c1-10-4-6-15(9-19,7-5-10)18-14(20)12-3-2-11(17)8-13(12)16/h2-3,8,10,19H,4-7,9,17H2,1H3,(H,18,20). The number of amides is 1. The quantitative estimate of drug-likeness (QED) is 0.751. The van der Waals surface area contributed by atoms with Gasteiger partial charge in [-0.3, -0.25) is 4.79 Å². The van der Waals surface area contributed by atoms with E-state index in [2.05, 4.69) is 12.2 Å². The van der Waals surface area contributed by atoms with Crippen molar-refractivity contribution < 1.29 is 9.90 Å². The first kappa shape index (κ1) is 15.1. The molecule has 1 aliphatic rings. The second-order valence-corrected chi connectivity index (χ2v) is 6.22. The van der Waals surface area contributed by atoms with Crippen molar-refractivity contribution in [3.63, 3.8) is 0 Å². The maximum atomic E-state index is 12.3. The molecule has 0 heterocycles. The van der Waals surface area contributed by atoms with E-state index in [9.17, 15) is 9.90 Å². The molecule has 0 aromatic heterocycles. The number of anilines is 1. The van der Waals surface area contributed by atoms with E-state index in [0.717, 1.165) is 25.7 Å². The molecule has 1 aliphatic carbocycles. The molecule has 4 nitrogen and oxygen atoms in total. The van der Waals surface area contributed by atoms with Gasteiger partial charge in [0.15, 0.2) is 0 Å². The van der Waals surface area contributed by atoms with Gasteiger partial charge in [-0.05, 0) is 49.8 Å². The molecule has 1 amide bonds. The second-order valence-electron chi connectivity index (χ2n) is 5.81. The second kappa shape index (κ2) is 6.02. The van der Waals surface area contributed by atoms with E-state index < -0.39 is 5.54 Å². The number of benzene rings is 1. The summed E-state index contributed by atoms with van der Waals surface area (Å²) in [6.45, 7) is 2.15. The van der Waals surface area contributed by atoms with Crippen molar-refractivity contribution in [2.75, 3.05) is 12.3 Å². The number of aliphatic hydroxyl groups excluding tert-OH is 1. The number of nitrogens with two attached hydrogens (primary N) is 1. The van der Waals surface area contributed by atoms with E-state index in [1.54, 1.807) is 18.2 Å². The molecular weight excluding hydrogens is 276 g/mol. The van der Waals surface area contributed by atoms with Gasteiger partial charge in [0, 0.05) is 5.69 Å². The Kier molecular flexibility index (Phi) is 4.55. The Labute approximate surface area is 124 Å². The van der Waals surface area contributed by atoms with Gasteiger partial charge >= 0.3 is 0 Å². The average molecular weight is 297 g/mol. The molecule has 5 heteroatoms. The Bertz CT molecular complexity index is 497. The molecule has 0 unspecified atom stereocenters. The van der Waals surface area contributed by atoms with Gasteiger partial charge in [-0.25, -0.2) is 0 Å². The van der Waals surface area contributed by atoms with Crippen molar-refractivity contribution in [1.29, 1.82) is 0 Å². The molecule has 0 bridgehead atoms. The molecule has 0 radical (unpaired) electrons. The summed E-state index contributed by atoms with van der Waals surface area (Å²) in [5, 5.41) is 13.0. The monoisotopic (exact) mass is 296 g/mol. The van der Waals surface area contributed by atoms with Crippen LogP contribution in [0.4, 0.5) is 5.69 Å². The summed E-state index contributed by atoms with van der Waals surface area (Å²) < 4.78 is 0. The van der Waals surface area contributed by atoms with Gasteiger partial charge in [-0.2, -0.15) is 0 Å². The highest BCUT2D eigenvalue weighted by Gasteiger charge is 2.35. The van der Waals surface area contributed by atoms with Crippen LogP contribution in [0, 0.1) is 5.92 Å². The lowest BCUT2D eigenvalue weighted by Gasteiger charge is -2.38. The smallest absolute Gasteiger partial charge is 0.253 e. The third-order valence-corrected chi connectivity index (χ3v) is 4.46. The predicted octanol–water partition coefficient (Wildman–Crippen LogP) is 2.59. The van der Waals surface area contributed by atoms with E-state index in [4.69, 9.17) is 17.3 Å². The number of hydrogen-bond donors (Lipinski definition) is 3. The van der Waals surface area contributed by atoms with Crippen LogP contribution in [0.3, 0.4) is 0 Å². The van der Waals surface area contributed by atoms with Gasteiger partial charge in [0.25, 0.3) is 5.91 Å². The number of nitrogen functional groups attached to an aromatic ring is 1. The van der Waals surface area contributed by atoms with Gasteiger partial charge < -0.3 is 16.2 Å². The van der Waals surface area contributed by atoms with Gasteiger partial charge in [-0.1, -0.05) is 18.5 Å². The Morgan fingerprint density at radius 3 is 2.70 bits per heavy atom. The summed E-state index contributed by atoms with van der Waals surface area (Å²) >= 11 is 6.05. The predicted molar refractivity (Wildman–Crippen MR) is 80.8 cm³/mol. The highest BCUT2D eigenvalue weighted by molar-refractivity contribution is 6.34. The highest BCUT2D eigenvalue weighted by Crippen LogP contribution is 2.32. The fraction of sp³-hybridized carbons (Fsp3) is 0.533. The van der Waals surface area contributed by atoms with E-state index in [1.807, 2.05) is 0 Å². The zero-order valence-corrected chi connectivity index (χ0v) is 12.4. The molecule has 1 saturated carbocycles. The summed E-state index contributed by atoms with van der Waals surface area (Å²) in [5.41, 5.74) is 6.02. The van der Waals surface area contributed by atoms with Crippen molar-refractivity contribution in [3.8, 4) is 0 Å². The van der Waals surface area contributed by atoms with E-state index in [1.165, 1.54) is 0 Å². The van der Waals surface area contributed by atoms with Gasteiger partial charge in [-0.15, -0.1) is 0 Å². The number of rotatable bonds is 3. The molecule has 0 spiro atoms. The zero-order valence-electron chi connectivity index (χ0n) is 11.7. The SMILES string of the molecule is CC1CCC(CO)(NC(=O)c2ccc(N)cc2Cl)CC1. The van der Waals surface area contributed by atoms with Gasteiger partial charge in [0.1, 0.15) is 0 Å². The third-order valence-electron chi connectivity index (χ3n) is 4.15. The Balaban J connectivity index is 2.13. The first-order chi connectivity index (χ1) is 9.46. The van der Waals surface area contributed by atoms with Crippen molar-refractivity contribution in [3.05, 3.63) is 28.8 Å². The van der Waals surface area contributed by atoms with Gasteiger partial charge in [0.05, 0.1) is 22.7 Å². The average Bonchev–Trinajstić information content (AvgIpc) is 2.41. The fourth-order valence-corrected chi connectivity index (χ4v) is 2.94. The molecular formula is C15H21ClN2O2. The van der Waals surface area contributed by atoms with Crippen LogP contribution < -0.4 is 11.1 Å². The highest BCUT2D eigenvalue weighted by atomic mass is 35.5. The van der Waals surface area contributed by atoms with E-state index in [0.29, 0.717) is 22.2 Å². The number of carbonyl (C=O) groups is 1. The largest absolute Gasteiger partial charge is 0.399 e. The summed E-state index contributed by atoms with van der Waals surface area (Å²) in [7, 11) is 0. The molecule has 1 aromatic rings. The van der Waals surface area contributed by atoms with Crippen LogP contribution in [-0.4, -0.2) is 23.2 Å². The number of nitrogens with one attached hydrogen (secondary N) is 1. The van der Waals surface area contributed by atoms with Crippen LogP contribution in [0.15, 0.2) is 18.2 Å². The number of aliphatic hydroxyl groups is 1. The lowest BCUT2D eigenvalue weighted by Crippen LogP contribution is -2.53. The fourth-order valence-electron chi connectivity index (χ4n) is 2.66. The van der Waals surface area contributed by atoms with Crippen LogP contribution in [0.2, 0.25) is 5.02 Å². The molecule has 4 N–H and O–H groups in total. The molecule has 1 fully saturated rings. The third kappa shape index (κ3) is 3.25. The number of hydrogen-bond acceptors (Lipinski definition) is 3. The minimum atomic E-state index is -0.520. The van der Waals surface area contributed by atoms with Crippen molar-refractivity contribution in [1.82, 2.24) is 5.32 Å². The Morgan fingerprint density at radius 1 is 1.50 bits per heavy atom. The minimum Gasteiger partial charge on any atom is -0.399 e. The summed E-state index contributed by atoms with van der Waals surface area (Å²) in [6.07, 6.45) is 3.61. The summed E-state index contributed by atoms with van der Waals surface area (Å²) in [5.74, 6) is 0.394. The minimum absolute atomic E-state index is 0.0436. The van der Waals surface area contributed by atoms with Crippen molar-refractivity contribution >= 4 is 23.2 Å². The van der Waals surface area contributed by atoms with Crippen LogP contribution in [0.25, 0.3) is 0 Å². The lowest BCUT2D eigenvalue weighted by molar-refractivity contribution is 0.0717. The Hall–Kier alpha value is -1.26. The zero-order chi connectivity index (χ0) is 14.8. The molecule has 1 aromatic carbocycles.